The molecule has 2 N–H and O–H groups in total. The van der Waals surface area contributed by atoms with Gasteiger partial charge in [-0.3, -0.25) is 0 Å². The molecule has 0 aliphatic rings. The fourth-order valence-electron chi connectivity index (χ4n) is 1.05. The van der Waals surface area contributed by atoms with Crippen molar-refractivity contribution in [1.29, 1.82) is 0 Å². The van der Waals surface area contributed by atoms with E-state index in [0.29, 0.717) is 0 Å². The summed E-state index contributed by atoms with van der Waals surface area (Å²) in [6.07, 6.45) is -4.50. The Balaban J connectivity index is 3.03. The number of aryl methyl sites for hydroxylation is 1. The molecule has 5 heteroatoms. The lowest BCUT2D eigenvalue weighted by molar-refractivity contribution is -0.149. The zero-order valence-corrected chi connectivity index (χ0v) is 7.40. The molecule has 0 aliphatic heterocycles. The molecule has 14 heavy (non-hydrogen) atoms. The molecule has 1 nitrogen and oxygen atoms in total. The molecule has 0 aromatic heterocycles. The van der Waals surface area contributed by atoms with Crippen LogP contribution in [0, 0.1) is 12.7 Å². The maximum atomic E-state index is 12.7. The van der Waals surface area contributed by atoms with Gasteiger partial charge in [-0.05, 0) is 24.1 Å². The van der Waals surface area contributed by atoms with E-state index in [1.54, 1.807) is 0 Å². The molecule has 0 heterocycles. The first-order chi connectivity index (χ1) is 6.32. The zero-order valence-electron chi connectivity index (χ0n) is 7.40. The monoisotopic (exact) mass is 207 g/mol. The van der Waals surface area contributed by atoms with Crippen LogP contribution in [0.5, 0.6) is 0 Å². The van der Waals surface area contributed by atoms with E-state index in [-0.39, 0.29) is 11.1 Å². The molecule has 1 atom stereocenters. The molecule has 0 unspecified atom stereocenters. The summed E-state index contributed by atoms with van der Waals surface area (Å²) in [7, 11) is 0. The lowest BCUT2D eigenvalue weighted by atomic mass is 10.0. The van der Waals surface area contributed by atoms with Gasteiger partial charge in [-0.2, -0.15) is 13.2 Å². The van der Waals surface area contributed by atoms with E-state index < -0.39 is 18.0 Å². The molecule has 78 valence electrons. The van der Waals surface area contributed by atoms with Crippen LogP contribution in [0.1, 0.15) is 17.2 Å². The molecule has 1 aromatic carbocycles. The minimum atomic E-state index is -4.50. The first-order valence-electron chi connectivity index (χ1n) is 3.90. The van der Waals surface area contributed by atoms with E-state index in [1.807, 2.05) is 0 Å². The quantitative estimate of drug-likeness (QED) is 0.704. The summed E-state index contributed by atoms with van der Waals surface area (Å²) < 4.78 is 49.2. The van der Waals surface area contributed by atoms with Crippen molar-refractivity contribution in [3.8, 4) is 0 Å². The van der Waals surface area contributed by atoms with Crippen LogP contribution in [0.3, 0.4) is 0 Å². The van der Waals surface area contributed by atoms with Gasteiger partial charge in [-0.15, -0.1) is 0 Å². The highest BCUT2D eigenvalue weighted by Gasteiger charge is 2.37. The van der Waals surface area contributed by atoms with E-state index in [2.05, 4.69) is 0 Å². The highest BCUT2D eigenvalue weighted by molar-refractivity contribution is 5.27. The zero-order chi connectivity index (χ0) is 10.9. The lowest BCUT2D eigenvalue weighted by Crippen LogP contribution is -2.28. The van der Waals surface area contributed by atoms with Crippen LogP contribution < -0.4 is 5.73 Å². The normalized spacial score (nSPS) is 14.1. The predicted molar refractivity (Wildman–Crippen MR) is 44.1 cm³/mol. The van der Waals surface area contributed by atoms with E-state index in [4.69, 9.17) is 5.73 Å². The Morgan fingerprint density at radius 1 is 1.29 bits per heavy atom. The molecule has 1 aromatic rings. The third-order valence-electron chi connectivity index (χ3n) is 1.89. The maximum absolute atomic E-state index is 12.7. The smallest absolute Gasteiger partial charge is 0.316 e. The summed E-state index contributed by atoms with van der Waals surface area (Å²) >= 11 is 0. The number of alkyl halides is 3. The maximum Gasteiger partial charge on any atom is 0.407 e. The Hall–Kier alpha value is -1.10. The third kappa shape index (κ3) is 2.23. The van der Waals surface area contributed by atoms with Crippen LogP contribution in [0.4, 0.5) is 17.6 Å². The van der Waals surface area contributed by atoms with Crippen LogP contribution >= 0.6 is 0 Å². The second-order valence-electron chi connectivity index (χ2n) is 3.03. The molecule has 0 amide bonds. The van der Waals surface area contributed by atoms with Gasteiger partial charge in [0.15, 0.2) is 0 Å². The minimum absolute atomic E-state index is 0.128. The number of hydrogen-bond acceptors (Lipinski definition) is 1. The standard InChI is InChI=1S/C9H9F4N/c1-5-4-6(2-3-7(5)10)8(14)9(11,12)13/h2-4,8H,14H2,1H3/t8-/m0/s1. The van der Waals surface area contributed by atoms with Gasteiger partial charge in [0, 0.05) is 0 Å². The average molecular weight is 207 g/mol. The fourth-order valence-corrected chi connectivity index (χ4v) is 1.05. The Kier molecular flexibility index (Phi) is 2.80. The van der Waals surface area contributed by atoms with Crippen molar-refractivity contribution in [3.05, 3.63) is 35.1 Å². The largest absolute Gasteiger partial charge is 0.407 e. The van der Waals surface area contributed by atoms with Crippen LogP contribution in [-0.4, -0.2) is 6.18 Å². The van der Waals surface area contributed by atoms with Gasteiger partial charge in [0.1, 0.15) is 11.9 Å². The molecule has 1 rings (SSSR count). The van der Waals surface area contributed by atoms with E-state index in [1.165, 1.54) is 6.92 Å². The molecular weight excluding hydrogens is 198 g/mol. The fraction of sp³-hybridized carbons (Fsp3) is 0.333. The van der Waals surface area contributed by atoms with Crippen molar-refractivity contribution in [2.75, 3.05) is 0 Å². The number of benzene rings is 1. The second kappa shape index (κ2) is 3.57. The van der Waals surface area contributed by atoms with Crippen LogP contribution in [0.2, 0.25) is 0 Å². The van der Waals surface area contributed by atoms with Crippen LogP contribution in [0.25, 0.3) is 0 Å². The minimum Gasteiger partial charge on any atom is -0.316 e. The topological polar surface area (TPSA) is 26.0 Å². The van der Waals surface area contributed by atoms with Crippen molar-refractivity contribution in [1.82, 2.24) is 0 Å². The Labute approximate surface area is 78.5 Å². The van der Waals surface area contributed by atoms with Crippen molar-refractivity contribution in [3.63, 3.8) is 0 Å². The Morgan fingerprint density at radius 3 is 2.29 bits per heavy atom. The summed E-state index contributed by atoms with van der Waals surface area (Å²) in [5, 5.41) is 0. The molecule has 0 radical (unpaired) electrons. The van der Waals surface area contributed by atoms with Gasteiger partial charge in [-0.1, -0.05) is 12.1 Å². The molecule has 0 saturated heterocycles. The highest BCUT2D eigenvalue weighted by atomic mass is 19.4. The summed E-state index contributed by atoms with van der Waals surface area (Å²) in [4.78, 5) is 0. The molecular formula is C9H9F4N. The Morgan fingerprint density at radius 2 is 1.86 bits per heavy atom. The molecule has 0 spiro atoms. The summed E-state index contributed by atoms with van der Waals surface area (Å²) in [6, 6.07) is 1.08. The van der Waals surface area contributed by atoms with Gasteiger partial charge in [-0.25, -0.2) is 4.39 Å². The van der Waals surface area contributed by atoms with Crippen molar-refractivity contribution >= 4 is 0 Å². The van der Waals surface area contributed by atoms with Gasteiger partial charge in [0.25, 0.3) is 0 Å². The first-order valence-corrected chi connectivity index (χ1v) is 3.90. The summed E-state index contributed by atoms with van der Waals surface area (Å²) in [5.74, 6) is -0.539. The van der Waals surface area contributed by atoms with Crippen molar-refractivity contribution in [2.24, 2.45) is 5.73 Å². The third-order valence-corrected chi connectivity index (χ3v) is 1.89. The van der Waals surface area contributed by atoms with Gasteiger partial charge in [0.2, 0.25) is 0 Å². The summed E-state index contributed by atoms with van der Waals surface area (Å²) in [6.45, 7) is 1.39. The highest BCUT2D eigenvalue weighted by Crippen LogP contribution is 2.30. The van der Waals surface area contributed by atoms with Crippen molar-refractivity contribution < 1.29 is 17.6 Å². The van der Waals surface area contributed by atoms with E-state index in [0.717, 1.165) is 18.2 Å². The number of hydrogen-bond donors (Lipinski definition) is 1. The number of halogens is 4. The van der Waals surface area contributed by atoms with Gasteiger partial charge in [0.05, 0.1) is 0 Å². The van der Waals surface area contributed by atoms with E-state index in [9.17, 15) is 17.6 Å². The van der Waals surface area contributed by atoms with Crippen molar-refractivity contribution in [2.45, 2.75) is 19.1 Å². The average Bonchev–Trinajstić information content (AvgIpc) is 2.07. The number of rotatable bonds is 1. The van der Waals surface area contributed by atoms with E-state index >= 15 is 0 Å². The molecule has 0 fully saturated rings. The molecule has 0 aliphatic carbocycles. The molecule has 0 saturated carbocycles. The summed E-state index contributed by atoms with van der Waals surface area (Å²) in [5.41, 5.74) is 4.97. The predicted octanol–water partition coefficient (Wildman–Crippen LogP) is 2.70. The lowest BCUT2D eigenvalue weighted by Gasteiger charge is -2.16. The Bertz CT molecular complexity index is 332. The number of nitrogens with two attached hydrogens (primary N) is 1. The first kappa shape index (κ1) is 11.0. The van der Waals surface area contributed by atoms with Crippen LogP contribution in [-0.2, 0) is 0 Å². The van der Waals surface area contributed by atoms with Crippen LogP contribution in [0.15, 0.2) is 18.2 Å². The second-order valence-corrected chi connectivity index (χ2v) is 3.03. The van der Waals surface area contributed by atoms with Gasteiger partial charge >= 0.3 is 6.18 Å². The SMILES string of the molecule is Cc1cc([C@H](N)C(F)(F)F)ccc1F. The van der Waals surface area contributed by atoms with Gasteiger partial charge < -0.3 is 5.73 Å². The molecule has 0 bridgehead atoms.